The van der Waals surface area contributed by atoms with Gasteiger partial charge in [0.2, 0.25) is 0 Å². The lowest BCUT2D eigenvalue weighted by atomic mass is 9.92. The third kappa shape index (κ3) is 4.60. The zero-order valence-electron chi connectivity index (χ0n) is 18.2. The second kappa shape index (κ2) is 9.28. The van der Waals surface area contributed by atoms with Gasteiger partial charge in [0.05, 0.1) is 0 Å². The number of benzene rings is 3. The lowest BCUT2D eigenvalue weighted by Crippen LogP contribution is -2.39. The van der Waals surface area contributed by atoms with Crippen molar-refractivity contribution in [2.24, 2.45) is 0 Å². The molecule has 1 aliphatic heterocycles. The van der Waals surface area contributed by atoms with Crippen molar-refractivity contribution in [1.29, 1.82) is 0 Å². The second-order valence-corrected chi connectivity index (χ2v) is 9.11. The number of hydrogen-bond acceptors (Lipinski definition) is 4. The van der Waals surface area contributed by atoms with Crippen LogP contribution in [0.25, 0.3) is 11.1 Å². The fourth-order valence-corrected chi connectivity index (χ4v) is 4.94. The molecule has 1 amide bonds. The van der Waals surface area contributed by atoms with Crippen LogP contribution in [0.2, 0.25) is 5.02 Å². The maximum Gasteiger partial charge on any atom is 0.293 e. The van der Waals surface area contributed by atoms with Crippen LogP contribution >= 0.6 is 11.6 Å². The van der Waals surface area contributed by atoms with Gasteiger partial charge in [-0.05, 0) is 84.8 Å². The van der Waals surface area contributed by atoms with Gasteiger partial charge in [-0.2, -0.15) is 0 Å². The highest BCUT2D eigenvalue weighted by atomic mass is 35.5. The normalized spacial score (nSPS) is 19.8. The van der Waals surface area contributed by atoms with Crippen LogP contribution in [-0.4, -0.2) is 29.4 Å². The topological polar surface area (TPSA) is 58.6 Å². The molecule has 1 aliphatic carbocycles. The third-order valence-electron chi connectivity index (χ3n) is 6.63. The van der Waals surface area contributed by atoms with Crippen molar-refractivity contribution in [3.8, 4) is 11.1 Å². The van der Waals surface area contributed by atoms with Gasteiger partial charge in [-0.25, -0.2) is 0 Å². The Hall–Kier alpha value is -3.31. The Bertz CT molecular complexity index is 1150. The molecule has 1 fully saturated rings. The number of nitrogens with one attached hydrogen (secondary N) is 1. The first kappa shape index (κ1) is 21.5. The molecule has 0 radical (unpaired) electrons. The minimum absolute atomic E-state index is 0.0115. The lowest BCUT2D eigenvalue weighted by Gasteiger charge is -2.33. The molecular formula is C27H25ClN2O3. The highest BCUT2D eigenvalue weighted by Gasteiger charge is 2.35. The first-order valence-electron chi connectivity index (χ1n) is 11.3. The fraction of sp³-hybridized carbons (Fsp3) is 0.259. The molecule has 5 nitrogen and oxygen atoms in total. The number of anilines is 2. The van der Waals surface area contributed by atoms with E-state index in [1.54, 1.807) is 0 Å². The molecule has 0 unspecified atom stereocenters. The summed E-state index contributed by atoms with van der Waals surface area (Å²) in [6.07, 6.45) is 3.35. The predicted octanol–water partition coefficient (Wildman–Crippen LogP) is 6.19. The summed E-state index contributed by atoms with van der Waals surface area (Å²) < 4.78 is 5.10. The number of rotatable bonds is 6. The number of amides is 1. The Morgan fingerprint density at radius 3 is 2.18 bits per heavy atom. The molecule has 1 heterocycles. The average molecular weight is 461 g/mol. The van der Waals surface area contributed by atoms with Crippen molar-refractivity contribution in [2.75, 3.05) is 5.32 Å². The van der Waals surface area contributed by atoms with Crippen LogP contribution in [0.3, 0.4) is 0 Å². The number of halogens is 1. The van der Waals surface area contributed by atoms with E-state index in [1.807, 2.05) is 47.4 Å². The highest BCUT2D eigenvalue weighted by molar-refractivity contribution is 6.30. The lowest BCUT2D eigenvalue weighted by molar-refractivity contribution is -0.135. The first-order valence-corrected chi connectivity index (χ1v) is 11.6. The van der Waals surface area contributed by atoms with Gasteiger partial charge < -0.3 is 15.0 Å². The Morgan fingerprint density at radius 1 is 0.879 bits per heavy atom. The minimum atomic E-state index is -0.0115. The summed E-state index contributed by atoms with van der Waals surface area (Å²) in [4.78, 5) is 25.8. The van der Waals surface area contributed by atoms with Crippen LogP contribution < -0.4 is 5.32 Å². The minimum Gasteiger partial charge on any atom is -0.465 e. The molecule has 168 valence electrons. The van der Waals surface area contributed by atoms with Gasteiger partial charge in [-0.15, -0.1) is 0 Å². The van der Waals surface area contributed by atoms with Crippen molar-refractivity contribution in [3.05, 3.63) is 82.9 Å². The van der Waals surface area contributed by atoms with Gasteiger partial charge in [0.25, 0.3) is 12.4 Å². The molecular weight excluding hydrogens is 436 g/mol. The van der Waals surface area contributed by atoms with Crippen molar-refractivity contribution < 1.29 is 14.3 Å². The SMILES string of the molecule is O=COC1CCC(N2Cc3ccc(-c4ccc(Nc5ccc(Cl)cc5)cc4)cc3C2=O)CC1. The van der Waals surface area contributed by atoms with Gasteiger partial charge in [0.15, 0.2) is 0 Å². The molecule has 0 spiro atoms. The molecule has 3 aromatic carbocycles. The van der Waals surface area contributed by atoms with E-state index >= 15 is 0 Å². The van der Waals surface area contributed by atoms with Crippen LogP contribution in [0.1, 0.15) is 41.6 Å². The Labute approximate surface area is 198 Å². The molecule has 0 aromatic heterocycles. The van der Waals surface area contributed by atoms with Crippen molar-refractivity contribution in [2.45, 2.75) is 44.4 Å². The van der Waals surface area contributed by atoms with Crippen LogP contribution in [0.4, 0.5) is 11.4 Å². The molecule has 2 aliphatic rings. The summed E-state index contributed by atoms with van der Waals surface area (Å²) in [5, 5.41) is 4.07. The Balaban J connectivity index is 1.27. The maximum absolute atomic E-state index is 13.2. The third-order valence-corrected chi connectivity index (χ3v) is 6.88. The van der Waals surface area contributed by atoms with Gasteiger partial charge >= 0.3 is 0 Å². The molecule has 0 atom stereocenters. The molecule has 1 N–H and O–H groups in total. The van der Waals surface area contributed by atoms with Crippen molar-refractivity contribution >= 4 is 35.4 Å². The summed E-state index contributed by atoms with van der Waals surface area (Å²) in [5.41, 5.74) is 5.93. The number of carbonyl (C=O) groups excluding carboxylic acids is 2. The molecule has 33 heavy (non-hydrogen) atoms. The smallest absolute Gasteiger partial charge is 0.293 e. The molecule has 1 saturated carbocycles. The van der Waals surface area contributed by atoms with E-state index in [4.69, 9.17) is 16.3 Å². The number of hydrogen-bond donors (Lipinski definition) is 1. The summed E-state index contributed by atoms with van der Waals surface area (Å²) in [7, 11) is 0. The number of carbonyl (C=O) groups is 2. The van der Waals surface area contributed by atoms with Gasteiger partial charge in [-0.1, -0.05) is 35.9 Å². The van der Waals surface area contributed by atoms with Crippen LogP contribution in [-0.2, 0) is 16.1 Å². The van der Waals surface area contributed by atoms with Gasteiger partial charge in [0, 0.05) is 34.5 Å². The van der Waals surface area contributed by atoms with E-state index in [1.165, 1.54) is 0 Å². The molecule has 0 saturated heterocycles. The van der Waals surface area contributed by atoms with Crippen molar-refractivity contribution in [3.63, 3.8) is 0 Å². The number of ether oxygens (including phenoxy) is 1. The molecule has 3 aromatic rings. The summed E-state index contributed by atoms with van der Waals surface area (Å²) in [5.74, 6) is 0.104. The molecule has 5 rings (SSSR count). The van der Waals surface area contributed by atoms with Gasteiger partial charge in [0.1, 0.15) is 6.10 Å². The Kier molecular flexibility index (Phi) is 6.05. The van der Waals surface area contributed by atoms with Crippen LogP contribution in [0.5, 0.6) is 0 Å². The zero-order chi connectivity index (χ0) is 22.8. The quantitative estimate of drug-likeness (QED) is 0.445. The van der Waals surface area contributed by atoms with Crippen LogP contribution in [0.15, 0.2) is 66.7 Å². The zero-order valence-corrected chi connectivity index (χ0v) is 18.9. The second-order valence-electron chi connectivity index (χ2n) is 8.68. The van der Waals surface area contributed by atoms with E-state index in [-0.39, 0.29) is 18.1 Å². The first-order chi connectivity index (χ1) is 16.1. The summed E-state index contributed by atoms with van der Waals surface area (Å²) in [6.45, 7) is 1.19. The van der Waals surface area contributed by atoms with E-state index < -0.39 is 0 Å². The fourth-order valence-electron chi connectivity index (χ4n) is 4.82. The summed E-state index contributed by atoms with van der Waals surface area (Å²) >= 11 is 5.95. The van der Waals surface area contributed by atoms with E-state index in [2.05, 4.69) is 29.6 Å². The average Bonchev–Trinajstić information content (AvgIpc) is 3.17. The molecule has 6 heteroatoms. The van der Waals surface area contributed by atoms with E-state index in [0.29, 0.717) is 18.0 Å². The highest BCUT2D eigenvalue weighted by Crippen LogP contribution is 2.34. The van der Waals surface area contributed by atoms with E-state index in [0.717, 1.165) is 59.3 Å². The predicted molar refractivity (Wildman–Crippen MR) is 130 cm³/mol. The number of fused-ring (bicyclic) bond motifs is 1. The standard InChI is InChI=1S/C27H25ClN2O3/c28-21-5-9-23(10-6-21)29-22-7-3-18(4-8-22)19-1-2-20-16-30(27(32)26(20)15-19)24-11-13-25(14-12-24)33-17-31/h1-10,15,17,24-25,29H,11-14,16H2. The Morgan fingerprint density at radius 2 is 1.52 bits per heavy atom. The maximum atomic E-state index is 13.2. The van der Waals surface area contributed by atoms with E-state index in [9.17, 15) is 9.59 Å². The monoisotopic (exact) mass is 460 g/mol. The summed E-state index contributed by atoms with van der Waals surface area (Å²) in [6, 6.07) is 22.2. The largest absolute Gasteiger partial charge is 0.465 e. The van der Waals surface area contributed by atoms with Crippen molar-refractivity contribution in [1.82, 2.24) is 4.90 Å². The number of nitrogens with zero attached hydrogens (tertiary/aromatic N) is 1. The van der Waals surface area contributed by atoms with Gasteiger partial charge in [-0.3, -0.25) is 9.59 Å². The molecule has 0 bridgehead atoms. The van der Waals surface area contributed by atoms with Crippen LogP contribution in [0, 0.1) is 0 Å².